The predicted molar refractivity (Wildman–Crippen MR) is 187 cm³/mol. The average Bonchev–Trinajstić information content (AvgIpc) is 3.03. The smallest absolute Gasteiger partial charge is 0.253 e. The van der Waals surface area contributed by atoms with Crippen LogP contribution < -0.4 is 5.32 Å². The minimum Gasteiger partial charge on any atom is -0.378 e. The summed E-state index contributed by atoms with van der Waals surface area (Å²) in [5.74, 6) is -0.524. The summed E-state index contributed by atoms with van der Waals surface area (Å²) < 4.78 is 17.5. The molecule has 0 unspecified atom stereocenters. The molecule has 0 aliphatic carbocycles. The van der Waals surface area contributed by atoms with Crippen LogP contribution in [0.5, 0.6) is 0 Å². The Bertz CT molecular complexity index is 1290. The molecule has 0 saturated carbocycles. The van der Waals surface area contributed by atoms with E-state index in [9.17, 15) is 24.0 Å². The highest BCUT2D eigenvalue weighted by Crippen LogP contribution is 2.21. The molecule has 48 heavy (non-hydrogen) atoms. The molecule has 0 atom stereocenters. The van der Waals surface area contributed by atoms with Crippen molar-refractivity contribution in [1.29, 1.82) is 0 Å². The Kier molecular flexibility index (Phi) is 18.9. The fraction of sp³-hybridized carbons (Fsp3) is 0.579. The van der Waals surface area contributed by atoms with Crippen molar-refractivity contribution in [1.82, 2.24) is 10.3 Å². The second kappa shape index (κ2) is 21.4. The number of nitrogens with zero attached hydrogens (tertiary/aromatic N) is 1. The van der Waals surface area contributed by atoms with Gasteiger partial charge in [0.25, 0.3) is 5.91 Å². The van der Waals surface area contributed by atoms with Gasteiger partial charge in [-0.1, -0.05) is 79.2 Å². The zero-order chi connectivity index (χ0) is 36.3. The number of hydrogen-bond acceptors (Lipinski definition) is 9. The first-order valence-electron chi connectivity index (χ1n) is 16.7. The van der Waals surface area contributed by atoms with Crippen LogP contribution in [0.2, 0.25) is 0 Å². The molecule has 0 spiro atoms. The molecule has 10 heteroatoms. The van der Waals surface area contributed by atoms with Gasteiger partial charge in [0, 0.05) is 47.9 Å². The highest BCUT2D eigenvalue weighted by Gasteiger charge is 2.34. The molecule has 0 fully saturated rings. The Morgan fingerprint density at radius 1 is 0.729 bits per heavy atom. The van der Waals surface area contributed by atoms with Gasteiger partial charge in [-0.2, -0.15) is 0 Å². The lowest BCUT2D eigenvalue weighted by Crippen LogP contribution is -2.58. The second-order valence-corrected chi connectivity index (χ2v) is 13.5. The molecule has 1 heterocycles. The van der Waals surface area contributed by atoms with Gasteiger partial charge < -0.3 is 19.5 Å². The van der Waals surface area contributed by atoms with Gasteiger partial charge in [0.1, 0.15) is 22.9 Å². The maximum atomic E-state index is 13.5. The molecule has 1 amide bonds. The summed E-state index contributed by atoms with van der Waals surface area (Å²) in [5.41, 5.74) is 0.646. The second-order valence-electron chi connectivity index (χ2n) is 13.5. The van der Waals surface area contributed by atoms with Gasteiger partial charge in [-0.25, -0.2) is 0 Å². The number of nitrogens with one attached hydrogen (secondary N) is 1. The molecular weight excluding hydrogens is 612 g/mol. The fourth-order valence-electron chi connectivity index (χ4n) is 4.16. The highest BCUT2D eigenvalue weighted by molar-refractivity contribution is 5.98. The van der Waals surface area contributed by atoms with E-state index in [0.717, 1.165) is 5.56 Å². The number of rotatable bonds is 20. The van der Waals surface area contributed by atoms with Gasteiger partial charge in [0.05, 0.1) is 50.9 Å². The van der Waals surface area contributed by atoms with Crippen LogP contribution >= 0.6 is 0 Å². The molecule has 0 aliphatic rings. The van der Waals surface area contributed by atoms with E-state index in [1.165, 1.54) is 26.5 Å². The lowest BCUT2D eigenvalue weighted by Gasteiger charge is -2.34. The number of benzene rings is 1. The van der Waals surface area contributed by atoms with Crippen LogP contribution in [0.25, 0.3) is 11.3 Å². The summed E-state index contributed by atoms with van der Waals surface area (Å²) in [5, 5.41) is 2.98. The molecule has 0 aliphatic heterocycles. The molecule has 2 aromatic rings. The first-order valence-corrected chi connectivity index (χ1v) is 16.7. The first kappa shape index (κ1) is 42.4. The number of amides is 1. The van der Waals surface area contributed by atoms with Crippen LogP contribution in [0.1, 0.15) is 109 Å². The van der Waals surface area contributed by atoms with Gasteiger partial charge in [0.2, 0.25) is 0 Å². The Labute approximate surface area is 286 Å². The van der Waals surface area contributed by atoms with E-state index in [4.69, 9.17) is 14.2 Å². The molecule has 1 N–H and O–H groups in total. The van der Waals surface area contributed by atoms with E-state index in [0.29, 0.717) is 11.3 Å². The lowest BCUT2D eigenvalue weighted by molar-refractivity contribution is -0.127. The molecule has 2 rings (SSSR count). The lowest BCUT2D eigenvalue weighted by atomic mass is 9.89. The van der Waals surface area contributed by atoms with Crippen molar-refractivity contribution in [2.24, 2.45) is 11.3 Å². The normalized spacial score (nSPS) is 11.5. The third-order valence-electron chi connectivity index (χ3n) is 7.04. The number of ether oxygens (including phenoxy) is 3. The van der Waals surface area contributed by atoms with E-state index in [2.05, 4.69) is 24.1 Å². The van der Waals surface area contributed by atoms with E-state index in [1.807, 2.05) is 46.8 Å². The summed E-state index contributed by atoms with van der Waals surface area (Å²) in [6, 6.07) is 10.5. The number of Topliss-reactive ketones (excluding diaryl/α,β-unsaturated/α-hetero) is 4. The van der Waals surface area contributed by atoms with Crippen LogP contribution in [0.15, 0.2) is 42.6 Å². The van der Waals surface area contributed by atoms with Crippen LogP contribution in [-0.2, 0) is 28.6 Å². The summed E-state index contributed by atoms with van der Waals surface area (Å²) in [4.78, 5) is 65.6. The number of hydrogen-bond donors (Lipinski definition) is 1. The number of pyridine rings is 1. The van der Waals surface area contributed by atoms with E-state index in [-0.39, 0.29) is 93.5 Å². The van der Waals surface area contributed by atoms with Crippen LogP contribution in [-0.4, -0.2) is 79.2 Å². The minimum atomic E-state index is -1.19. The third-order valence-corrected chi connectivity index (χ3v) is 7.04. The summed E-state index contributed by atoms with van der Waals surface area (Å²) in [6.07, 6.45) is 3.31. The average molecular weight is 669 g/mol. The maximum absolute atomic E-state index is 13.5. The fourth-order valence-corrected chi connectivity index (χ4v) is 4.16. The van der Waals surface area contributed by atoms with Crippen LogP contribution in [0, 0.1) is 11.3 Å². The van der Waals surface area contributed by atoms with Crippen molar-refractivity contribution >= 4 is 29.0 Å². The van der Waals surface area contributed by atoms with Crippen molar-refractivity contribution in [3.63, 3.8) is 0 Å². The largest absolute Gasteiger partial charge is 0.378 e. The van der Waals surface area contributed by atoms with Crippen LogP contribution in [0.3, 0.4) is 0 Å². The zero-order valence-electron chi connectivity index (χ0n) is 30.4. The monoisotopic (exact) mass is 668 g/mol. The van der Waals surface area contributed by atoms with Crippen molar-refractivity contribution in [2.75, 3.05) is 39.6 Å². The topological polar surface area (TPSA) is 138 Å². The first-order chi connectivity index (χ1) is 22.5. The summed E-state index contributed by atoms with van der Waals surface area (Å²) in [6.45, 7) is 16.7. The SMILES string of the molecule is CC(=O)CCOCC(COCCC(C)=O)(COCCC(=O)C(C)(C)C)NC(=O)c1ccc(-c2ccc(C(=O)C(C)C)cc2)nc1.CCC. The van der Waals surface area contributed by atoms with E-state index in [1.54, 1.807) is 24.3 Å². The minimum absolute atomic E-state index is 0.0354. The summed E-state index contributed by atoms with van der Waals surface area (Å²) in [7, 11) is 0. The quantitative estimate of drug-likeness (QED) is 0.124. The molecule has 0 radical (unpaired) electrons. The van der Waals surface area contributed by atoms with Gasteiger partial charge in [0.15, 0.2) is 5.78 Å². The van der Waals surface area contributed by atoms with Crippen LogP contribution in [0.4, 0.5) is 0 Å². The third kappa shape index (κ3) is 16.0. The molecule has 266 valence electrons. The molecule has 1 aromatic heterocycles. The van der Waals surface area contributed by atoms with Gasteiger partial charge in [-0.05, 0) is 26.0 Å². The van der Waals surface area contributed by atoms with E-state index >= 15 is 0 Å². The van der Waals surface area contributed by atoms with Gasteiger partial charge in [-0.15, -0.1) is 0 Å². The number of ketones is 4. The van der Waals surface area contributed by atoms with Crippen molar-refractivity contribution in [2.45, 2.75) is 93.5 Å². The van der Waals surface area contributed by atoms with E-state index < -0.39 is 16.9 Å². The van der Waals surface area contributed by atoms with Gasteiger partial charge >= 0.3 is 0 Å². The Morgan fingerprint density at radius 2 is 1.19 bits per heavy atom. The Morgan fingerprint density at radius 3 is 1.58 bits per heavy atom. The standard InChI is InChI=1S/C35H48N2O8.C3H8/c1-24(2)32(41)28-10-8-27(9-11-28)30-13-12-29(20-36-30)33(42)37-35(21-43-17-14-25(3)38,22-44-18-15-26(4)39)23-45-19-16-31(40)34(5,6)7;1-3-2/h8-13,20,24H,14-19,21-23H2,1-7H3,(H,37,42);3H2,1-2H3. The Hall–Kier alpha value is -3.60. The van der Waals surface area contributed by atoms with Crippen molar-refractivity contribution in [3.05, 3.63) is 53.7 Å². The predicted octanol–water partition coefficient (Wildman–Crippen LogP) is 6.49. The zero-order valence-corrected chi connectivity index (χ0v) is 30.4. The van der Waals surface area contributed by atoms with Crippen molar-refractivity contribution in [3.8, 4) is 11.3 Å². The number of carbonyl (C=O) groups is 5. The molecule has 0 saturated heterocycles. The van der Waals surface area contributed by atoms with Gasteiger partial charge in [-0.3, -0.25) is 29.0 Å². The molecule has 10 nitrogen and oxygen atoms in total. The number of carbonyl (C=O) groups excluding carboxylic acids is 5. The maximum Gasteiger partial charge on any atom is 0.253 e. The summed E-state index contributed by atoms with van der Waals surface area (Å²) >= 11 is 0. The molecule has 1 aromatic carbocycles. The highest BCUT2D eigenvalue weighted by atomic mass is 16.5. The van der Waals surface area contributed by atoms with Crippen molar-refractivity contribution < 1.29 is 38.2 Å². The molecular formula is C38H56N2O8. The molecule has 0 bridgehead atoms. The number of aromatic nitrogens is 1. The Balaban J connectivity index is 0.00000369.